The minimum atomic E-state index is -4.30. The minimum Gasteiger partial charge on any atom is -0.263 e. The van der Waals surface area contributed by atoms with Gasteiger partial charge in [0.2, 0.25) is 10.0 Å². The number of benzene rings is 2. The Balaban J connectivity index is 2.10. The molecule has 0 radical (unpaired) electrons. The monoisotopic (exact) mass is 563 g/mol. The van der Waals surface area contributed by atoms with Gasteiger partial charge in [0.1, 0.15) is 21.9 Å². The SMILES string of the molecule is CC(C)(C)C[C@@H]1CN(S(=O)(=O)c2cccnc2)[C@H](c2cccc(Cl)c2F)C1(C#N)c1ccc(Cl)cc1F. The van der Waals surface area contributed by atoms with Crippen LogP contribution in [0.3, 0.4) is 0 Å². The van der Waals surface area contributed by atoms with Gasteiger partial charge >= 0.3 is 0 Å². The van der Waals surface area contributed by atoms with E-state index in [0.29, 0.717) is 6.42 Å². The first-order valence-electron chi connectivity index (χ1n) is 11.6. The molecule has 4 rings (SSSR count). The van der Waals surface area contributed by atoms with Crippen LogP contribution in [0.5, 0.6) is 0 Å². The number of rotatable bonds is 5. The molecule has 1 saturated heterocycles. The van der Waals surface area contributed by atoms with Crippen molar-refractivity contribution in [2.75, 3.05) is 6.54 Å². The van der Waals surface area contributed by atoms with E-state index in [9.17, 15) is 13.7 Å². The summed E-state index contributed by atoms with van der Waals surface area (Å²) in [5.74, 6) is -2.35. The lowest BCUT2D eigenvalue weighted by atomic mass is 9.63. The Morgan fingerprint density at radius 2 is 1.89 bits per heavy atom. The molecule has 2 heterocycles. The number of aromatic nitrogens is 1. The maximum Gasteiger partial charge on any atom is 0.245 e. The second-order valence-electron chi connectivity index (χ2n) is 10.4. The molecule has 0 bridgehead atoms. The maximum absolute atomic E-state index is 15.7. The molecule has 1 aliphatic rings. The average Bonchev–Trinajstić information content (AvgIpc) is 3.15. The summed E-state index contributed by atoms with van der Waals surface area (Å²) in [7, 11) is -4.30. The predicted molar refractivity (Wildman–Crippen MR) is 139 cm³/mol. The molecule has 3 aromatic rings. The van der Waals surface area contributed by atoms with Crippen LogP contribution in [0.2, 0.25) is 10.0 Å². The van der Waals surface area contributed by atoms with Gasteiger partial charge in [-0.05, 0) is 48.1 Å². The van der Waals surface area contributed by atoms with Gasteiger partial charge in [0, 0.05) is 35.1 Å². The summed E-state index contributed by atoms with van der Waals surface area (Å²) in [6.07, 6.45) is 2.97. The van der Waals surface area contributed by atoms with Crippen LogP contribution >= 0.6 is 23.2 Å². The van der Waals surface area contributed by atoms with Crippen LogP contribution in [-0.2, 0) is 15.4 Å². The van der Waals surface area contributed by atoms with Crippen molar-refractivity contribution in [1.82, 2.24) is 9.29 Å². The van der Waals surface area contributed by atoms with Crippen LogP contribution in [0.25, 0.3) is 0 Å². The van der Waals surface area contributed by atoms with Crippen molar-refractivity contribution in [3.8, 4) is 6.07 Å². The summed E-state index contributed by atoms with van der Waals surface area (Å²) in [6, 6.07) is 11.8. The summed E-state index contributed by atoms with van der Waals surface area (Å²) >= 11 is 12.1. The molecule has 1 aromatic heterocycles. The molecule has 10 heteroatoms. The van der Waals surface area contributed by atoms with E-state index in [4.69, 9.17) is 23.2 Å². The Morgan fingerprint density at radius 1 is 1.16 bits per heavy atom. The van der Waals surface area contributed by atoms with Crippen LogP contribution in [-0.4, -0.2) is 24.3 Å². The van der Waals surface area contributed by atoms with E-state index in [-0.39, 0.29) is 38.0 Å². The highest BCUT2D eigenvalue weighted by atomic mass is 35.5. The van der Waals surface area contributed by atoms with Crippen molar-refractivity contribution in [2.24, 2.45) is 11.3 Å². The lowest BCUT2D eigenvalue weighted by Crippen LogP contribution is -2.41. The summed E-state index contributed by atoms with van der Waals surface area (Å²) in [4.78, 5) is 3.81. The topological polar surface area (TPSA) is 74.1 Å². The van der Waals surface area contributed by atoms with E-state index in [2.05, 4.69) is 11.1 Å². The third-order valence-corrected chi connectivity index (χ3v) is 9.04. The fraction of sp³-hybridized carbons (Fsp3) is 0.333. The van der Waals surface area contributed by atoms with Crippen molar-refractivity contribution >= 4 is 33.2 Å². The normalized spacial score (nSPS) is 22.6. The minimum absolute atomic E-state index is 0.0538. The largest absolute Gasteiger partial charge is 0.263 e. The smallest absolute Gasteiger partial charge is 0.245 e. The lowest BCUT2D eigenvalue weighted by molar-refractivity contribution is 0.245. The fourth-order valence-corrected chi connectivity index (χ4v) is 7.28. The molecule has 1 unspecified atom stereocenters. The molecular formula is C27H25Cl2F2N3O2S. The number of hydrogen-bond donors (Lipinski definition) is 0. The quantitative estimate of drug-likeness (QED) is 0.337. The highest BCUT2D eigenvalue weighted by molar-refractivity contribution is 7.89. The van der Waals surface area contributed by atoms with E-state index in [1.54, 1.807) is 0 Å². The number of nitriles is 1. The Bertz CT molecular complexity index is 1470. The molecule has 0 spiro atoms. The lowest BCUT2D eigenvalue weighted by Gasteiger charge is -2.38. The van der Waals surface area contributed by atoms with Gasteiger partial charge in [-0.2, -0.15) is 9.57 Å². The molecule has 0 amide bonds. The molecule has 2 aromatic carbocycles. The first kappa shape index (κ1) is 27.5. The zero-order valence-corrected chi connectivity index (χ0v) is 22.7. The molecular weight excluding hydrogens is 539 g/mol. The Labute approximate surface area is 225 Å². The highest BCUT2D eigenvalue weighted by Crippen LogP contribution is 2.57. The van der Waals surface area contributed by atoms with Gasteiger partial charge in [-0.1, -0.05) is 62.2 Å². The van der Waals surface area contributed by atoms with Crippen LogP contribution in [0.15, 0.2) is 65.8 Å². The molecule has 3 atom stereocenters. The van der Waals surface area contributed by atoms with Gasteiger partial charge in [-0.3, -0.25) is 4.98 Å². The van der Waals surface area contributed by atoms with Crippen molar-refractivity contribution in [3.05, 3.63) is 93.7 Å². The Morgan fingerprint density at radius 3 is 2.49 bits per heavy atom. The summed E-state index contributed by atoms with van der Waals surface area (Å²) in [5.41, 5.74) is -2.35. The van der Waals surface area contributed by atoms with Crippen LogP contribution in [0.4, 0.5) is 8.78 Å². The van der Waals surface area contributed by atoms with Gasteiger partial charge in [-0.25, -0.2) is 17.2 Å². The molecule has 194 valence electrons. The van der Waals surface area contributed by atoms with Gasteiger partial charge in [0.05, 0.1) is 17.1 Å². The molecule has 0 aliphatic carbocycles. The average molecular weight is 564 g/mol. The van der Waals surface area contributed by atoms with Gasteiger partial charge in [0.15, 0.2) is 0 Å². The van der Waals surface area contributed by atoms with E-state index < -0.39 is 39.0 Å². The Hall–Kier alpha value is -2.57. The van der Waals surface area contributed by atoms with Crippen molar-refractivity contribution < 1.29 is 17.2 Å². The summed E-state index contributed by atoms with van der Waals surface area (Å²) in [6.45, 7) is 5.68. The third-order valence-electron chi connectivity index (χ3n) is 6.70. The van der Waals surface area contributed by atoms with Gasteiger partial charge < -0.3 is 0 Å². The van der Waals surface area contributed by atoms with Gasteiger partial charge in [-0.15, -0.1) is 0 Å². The second kappa shape index (κ2) is 9.95. The molecule has 1 fully saturated rings. The van der Waals surface area contributed by atoms with Crippen LogP contribution in [0, 0.1) is 34.3 Å². The van der Waals surface area contributed by atoms with E-state index in [1.807, 2.05) is 20.8 Å². The predicted octanol–water partition coefficient (Wildman–Crippen LogP) is 6.93. The standard InChI is InChI=1S/C27H25Cl2F2N3O2S/c1-26(2,3)13-17-15-34(37(35,36)19-6-5-11-33-14-19)25(20-7-4-8-22(29)24(20)31)27(17,16-32)21-10-9-18(28)12-23(21)30/h4-12,14,17,25H,13,15H2,1-3H3/t17-,25-,27?/m1/s1. The maximum atomic E-state index is 15.7. The Kier molecular flexibility index (Phi) is 7.39. The van der Waals surface area contributed by atoms with E-state index >= 15 is 8.78 Å². The molecule has 37 heavy (non-hydrogen) atoms. The third kappa shape index (κ3) is 4.86. The number of halogens is 4. The van der Waals surface area contributed by atoms with Gasteiger partial charge in [0.25, 0.3) is 0 Å². The highest BCUT2D eigenvalue weighted by Gasteiger charge is 2.61. The van der Waals surface area contributed by atoms with Crippen molar-refractivity contribution in [3.63, 3.8) is 0 Å². The van der Waals surface area contributed by atoms with E-state index in [1.165, 1.54) is 54.9 Å². The summed E-state index contributed by atoms with van der Waals surface area (Å²) < 4.78 is 60.4. The second-order valence-corrected chi connectivity index (χ2v) is 13.1. The van der Waals surface area contributed by atoms with Crippen LogP contribution in [0.1, 0.15) is 44.4 Å². The molecule has 0 N–H and O–H groups in total. The molecule has 0 saturated carbocycles. The zero-order valence-electron chi connectivity index (χ0n) is 20.4. The van der Waals surface area contributed by atoms with Crippen molar-refractivity contribution in [1.29, 1.82) is 5.26 Å². The number of nitrogens with zero attached hydrogens (tertiary/aromatic N) is 3. The number of hydrogen-bond acceptors (Lipinski definition) is 4. The summed E-state index contributed by atoms with van der Waals surface area (Å²) in [5, 5.41) is 10.7. The fourth-order valence-electron chi connectivity index (χ4n) is 5.29. The van der Waals surface area contributed by atoms with Crippen molar-refractivity contribution in [2.45, 2.75) is 43.5 Å². The first-order valence-corrected chi connectivity index (χ1v) is 13.7. The first-order chi connectivity index (χ1) is 17.3. The zero-order chi connectivity index (χ0) is 27.2. The van der Waals surface area contributed by atoms with Crippen LogP contribution < -0.4 is 0 Å². The number of pyridine rings is 1. The molecule has 5 nitrogen and oxygen atoms in total. The van der Waals surface area contributed by atoms with E-state index in [0.717, 1.165) is 10.4 Å². The number of sulfonamides is 1. The molecule has 1 aliphatic heterocycles.